The van der Waals surface area contributed by atoms with Crippen LogP contribution in [0.4, 0.5) is 0 Å². The average Bonchev–Trinajstić information content (AvgIpc) is 2.78. The fraction of sp³-hybridized carbons (Fsp3) is 0.174. The van der Waals surface area contributed by atoms with Crippen LogP contribution in [0.15, 0.2) is 84.9 Å². The topological polar surface area (TPSA) is 68.2 Å². The van der Waals surface area contributed by atoms with Gasteiger partial charge in [-0.15, -0.1) is 0 Å². The second-order valence-electron chi connectivity index (χ2n) is 6.65. The fourth-order valence-electron chi connectivity index (χ4n) is 3.05. The molecule has 1 fully saturated rings. The first-order chi connectivity index (χ1) is 14.2. The third-order valence-corrected chi connectivity index (χ3v) is 4.48. The van der Waals surface area contributed by atoms with Gasteiger partial charge in [-0.2, -0.15) is 0 Å². The molecule has 2 atom stereocenters. The van der Waals surface area contributed by atoms with E-state index >= 15 is 0 Å². The minimum absolute atomic E-state index is 0.0956. The first-order valence-corrected chi connectivity index (χ1v) is 9.35. The highest BCUT2D eigenvalue weighted by Gasteiger charge is 2.34. The number of hydrogen-bond acceptors (Lipinski definition) is 5. The zero-order chi connectivity index (χ0) is 20.1. The number of phenolic OH excluding ortho intramolecular Hbond substituents is 1. The molecular weight excluding hydrogens is 370 g/mol. The van der Waals surface area contributed by atoms with Gasteiger partial charge in [-0.1, -0.05) is 48.5 Å². The Bertz CT molecular complexity index is 948. The van der Waals surface area contributed by atoms with Crippen LogP contribution in [0, 0.1) is 0 Å². The Morgan fingerprint density at radius 2 is 1.72 bits per heavy atom. The largest absolute Gasteiger partial charge is 0.508 e. The second kappa shape index (κ2) is 8.77. The summed E-state index contributed by atoms with van der Waals surface area (Å²) in [6, 6.07) is 24.9. The summed E-state index contributed by atoms with van der Waals surface area (Å²) in [6.45, 7) is 0.469. The molecule has 29 heavy (non-hydrogen) atoms. The molecule has 0 unspecified atom stereocenters. The highest BCUT2D eigenvalue weighted by molar-refractivity contribution is 5.93. The minimum atomic E-state index is -0.840. The van der Waals surface area contributed by atoms with Crippen molar-refractivity contribution >= 4 is 5.91 Å². The number of aromatic hydroxyl groups is 1. The maximum atomic E-state index is 12.9. The zero-order valence-corrected chi connectivity index (χ0v) is 15.7. The summed E-state index contributed by atoms with van der Waals surface area (Å²) in [5, 5.41) is 11.1. The van der Waals surface area contributed by atoms with E-state index < -0.39 is 12.4 Å². The molecule has 0 saturated carbocycles. The molecular formula is C23H21NO5. The Morgan fingerprint density at radius 1 is 1.00 bits per heavy atom. The van der Waals surface area contributed by atoms with E-state index in [0.717, 1.165) is 5.75 Å². The Kier molecular flexibility index (Phi) is 5.74. The number of hydrogen-bond donors (Lipinski definition) is 1. The Morgan fingerprint density at radius 3 is 2.45 bits per heavy atom. The van der Waals surface area contributed by atoms with Crippen LogP contribution in [0.3, 0.4) is 0 Å². The molecule has 1 N–H and O–H groups in total. The number of rotatable bonds is 5. The quantitative estimate of drug-likeness (QED) is 0.713. The van der Waals surface area contributed by atoms with Crippen molar-refractivity contribution in [3.63, 3.8) is 0 Å². The van der Waals surface area contributed by atoms with Crippen LogP contribution < -0.4 is 4.74 Å². The predicted octanol–water partition coefficient (Wildman–Crippen LogP) is 3.94. The number of nitrogens with zero attached hydrogens (tertiary/aromatic N) is 1. The summed E-state index contributed by atoms with van der Waals surface area (Å²) in [5.74, 6) is 0.555. The smallest absolute Gasteiger partial charge is 0.277 e. The van der Waals surface area contributed by atoms with E-state index in [1.165, 1.54) is 5.06 Å². The van der Waals surface area contributed by atoms with Crippen LogP contribution in [-0.2, 0) is 9.57 Å². The lowest BCUT2D eigenvalue weighted by Crippen LogP contribution is -2.47. The van der Waals surface area contributed by atoms with Gasteiger partial charge in [0.15, 0.2) is 0 Å². The molecule has 4 rings (SSSR count). The summed E-state index contributed by atoms with van der Waals surface area (Å²) in [7, 11) is 0. The monoisotopic (exact) mass is 391 g/mol. The van der Waals surface area contributed by atoms with Crippen molar-refractivity contribution in [3.05, 3.63) is 96.1 Å². The van der Waals surface area contributed by atoms with Crippen molar-refractivity contribution in [2.24, 2.45) is 0 Å². The lowest BCUT2D eigenvalue weighted by atomic mass is 10.2. The molecule has 6 nitrogen and oxygen atoms in total. The lowest BCUT2D eigenvalue weighted by molar-refractivity contribution is -0.325. The summed E-state index contributed by atoms with van der Waals surface area (Å²) in [5.41, 5.74) is 1.13. The van der Waals surface area contributed by atoms with Crippen molar-refractivity contribution in [2.75, 3.05) is 13.2 Å². The highest BCUT2D eigenvalue weighted by atomic mass is 16.8. The van der Waals surface area contributed by atoms with Gasteiger partial charge in [-0.05, 0) is 36.4 Å². The fourth-order valence-corrected chi connectivity index (χ4v) is 3.05. The molecule has 0 radical (unpaired) electrons. The van der Waals surface area contributed by atoms with Gasteiger partial charge in [0.05, 0.1) is 6.54 Å². The van der Waals surface area contributed by atoms with E-state index in [9.17, 15) is 9.90 Å². The Labute approximate surface area is 168 Å². The number of ether oxygens (including phenoxy) is 2. The van der Waals surface area contributed by atoms with Crippen LogP contribution in [-0.4, -0.2) is 35.3 Å². The Hall–Kier alpha value is -3.35. The SMILES string of the molecule is O=C(c1ccccc1)N1C[C@H](COc2ccccc2)O[C@H](c2cccc(O)c2)O1. The molecule has 3 aromatic carbocycles. The third-order valence-electron chi connectivity index (χ3n) is 4.48. The van der Waals surface area contributed by atoms with Crippen molar-refractivity contribution in [3.8, 4) is 11.5 Å². The summed E-state index contributed by atoms with van der Waals surface area (Å²) in [4.78, 5) is 18.7. The number of phenols is 1. The summed E-state index contributed by atoms with van der Waals surface area (Å²) >= 11 is 0. The predicted molar refractivity (Wildman–Crippen MR) is 106 cm³/mol. The Balaban J connectivity index is 1.53. The standard InChI is InChI=1S/C23H21NO5/c25-19-11-7-10-18(14-19)23-28-21(16-27-20-12-5-2-6-13-20)15-24(29-23)22(26)17-8-3-1-4-9-17/h1-14,21,23,25H,15-16H2/t21-,23+/m1/s1. The van der Waals surface area contributed by atoms with E-state index in [4.69, 9.17) is 14.3 Å². The van der Waals surface area contributed by atoms with Crippen molar-refractivity contribution < 1.29 is 24.2 Å². The van der Waals surface area contributed by atoms with Gasteiger partial charge < -0.3 is 14.6 Å². The number of benzene rings is 3. The molecule has 1 aliphatic heterocycles. The lowest BCUT2D eigenvalue weighted by Gasteiger charge is -2.37. The molecule has 6 heteroatoms. The van der Waals surface area contributed by atoms with Crippen LogP contribution in [0.5, 0.6) is 11.5 Å². The van der Waals surface area contributed by atoms with Crippen LogP contribution >= 0.6 is 0 Å². The molecule has 1 amide bonds. The maximum Gasteiger partial charge on any atom is 0.277 e. The van der Waals surface area contributed by atoms with E-state index in [1.54, 1.807) is 48.5 Å². The number of carbonyl (C=O) groups is 1. The molecule has 0 aliphatic carbocycles. The molecule has 3 aromatic rings. The van der Waals surface area contributed by atoms with Crippen molar-refractivity contribution in [1.82, 2.24) is 5.06 Å². The van der Waals surface area contributed by atoms with Gasteiger partial charge in [-0.3, -0.25) is 4.79 Å². The number of amides is 1. The van der Waals surface area contributed by atoms with Gasteiger partial charge in [-0.25, -0.2) is 9.90 Å². The van der Waals surface area contributed by atoms with Gasteiger partial charge in [0.2, 0.25) is 6.29 Å². The van der Waals surface area contributed by atoms with Gasteiger partial charge in [0.25, 0.3) is 5.91 Å². The van der Waals surface area contributed by atoms with Crippen molar-refractivity contribution in [1.29, 1.82) is 0 Å². The molecule has 148 valence electrons. The molecule has 1 saturated heterocycles. The van der Waals surface area contributed by atoms with Crippen molar-refractivity contribution in [2.45, 2.75) is 12.4 Å². The summed E-state index contributed by atoms with van der Waals surface area (Å²) in [6.07, 6.45) is -1.25. The normalized spacial score (nSPS) is 19.0. The number of carbonyl (C=O) groups excluding carboxylic acids is 1. The first kappa shape index (κ1) is 19.0. The molecule has 0 spiro atoms. The molecule has 0 bridgehead atoms. The first-order valence-electron chi connectivity index (χ1n) is 9.35. The van der Waals surface area contributed by atoms with E-state index in [0.29, 0.717) is 11.1 Å². The minimum Gasteiger partial charge on any atom is -0.508 e. The highest BCUT2D eigenvalue weighted by Crippen LogP contribution is 2.30. The second-order valence-corrected chi connectivity index (χ2v) is 6.65. The van der Waals surface area contributed by atoms with Crippen LogP contribution in [0.2, 0.25) is 0 Å². The van der Waals surface area contributed by atoms with Gasteiger partial charge in [0, 0.05) is 11.1 Å². The van der Waals surface area contributed by atoms with Gasteiger partial charge in [0.1, 0.15) is 24.2 Å². The molecule has 1 aliphatic rings. The average molecular weight is 391 g/mol. The van der Waals surface area contributed by atoms with Gasteiger partial charge >= 0.3 is 0 Å². The van der Waals surface area contributed by atoms with E-state index in [-0.39, 0.29) is 24.8 Å². The maximum absolute atomic E-state index is 12.9. The van der Waals surface area contributed by atoms with Crippen LogP contribution in [0.25, 0.3) is 0 Å². The van der Waals surface area contributed by atoms with Crippen LogP contribution in [0.1, 0.15) is 22.2 Å². The molecule has 0 aromatic heterocycles. The number of para-hydroxylation sites is 1. The van der Waals surface area contributed by atoms with E-state index in [1.807, 2.05) is 36.4 Å². The zero-order valence-electron chi connectivity index (χ0n) is 15.7. The summed E-state index contributed by atoms with van der Waals surface area (Å²) < 4.78 is 11.8. The third kappa shape index (κ3) is 4.74. The van der Waals surface area contributed by atoms with E-state index in [2.05, 4.69) is 0 Å². The number of hydroxylamine groups is 2. The molecule has 1 heterocycles.